The van der Waals surface area contributed by atoms with E-state index in [1.165, 1.54) is 6.07 Å². The molecule has 3 N–H and O–H groups in total. The van der Waals surface area contributed by atoms with Crippen molar-refractivity contribution in [2.75, 3.05) is 0 Å². The number of nitro groups is 1. The van der Waals surface area contributed by atoms with Crippen molar-refractivity contribution in [1.82, 2.24) is 0 Å². The van der Waals surface area contributed by atoms with Gasteiger partial charge in [-0.15, -0.1) is 0 Å². The second-order valence-electron chi connectivity index (χ2n) is 4.42. The molecular formula is C12H16N2O4. The van der Waals surface area contributed by atoms with E-state index < -0.39 is 11.0 Å². The summed E-state index contributed by atoms with van der Waals surface area (Å²) in [6, 6.07) is 4.57. The van der Waals surface area contributed by atoms with Gasteiger partial charge in [0.25, 0.3) is 0 Å². The molecule has 1 fully saturated rings. The average molecular weight is 252 g/mol. The topological polar surface area (TPSA) is 98.6 Å². The second kappa shape index (κ2) is 5.32. The Morgan fingerprint density at radius 2 is 2.28 bits per heavy atom. The summed E-state index contributed by atoms with van der Waals surface area (Å²) in [5.74, 6) is 0.189. The van der Waals surface area contributed by atoms with Gasteiger partial charge in [-0.3, -0.25) is 10.1 Å². The first kappa shape index (κ1) is 12.8. The molecule has 0 aliphatic heterocycles. The van der Waals surface area contributed by atoms with E-state index in [1.54, 1.807) is 12.1 Å². The summed E-state index contributed by atoms with van der Waals surface area (Å²) in [4.78, 5) is 10.4. The number of nitrogens with zero attached hydrogens (tertiary/aromatic N) is 1. The van der Waals surface area contributed by atoms with Crippen LogP contribution in [0.15, 0.2) is 18.2 Å². The van der Waals surface area contributed by atoms with Gasteiger partial charge < -0.3 is 15.6 Å². The van der Waals surface area contributed by atoms with Crippen LogP contribution in [0.1, 0.15) is 24.8 Å². The smallest absolute Gasteiger partial charge is 0.310 e. The molecule has 0 amide bonds. The Labute approximate surface area is 105 Å². The van der Waals surface area contributed by atoms with Crippen LogP contribution >= 0.6 is 0 Å². The van der Waals surface area contributed by atoms with Crippen LogP contribution in [-0.4, -0.2) is 22.2 Å². The van der Waals surface area contributed by atoms with Crippen LogP contribution in [0.5, 0.6) is 5.75 Å². The van der Waals surface area contributed by atoms with Crippen LogP contribution in [0.25, 0.3) is 0 Å². The first-order valence-corrected chi connectivity index (χ1v) is 5.94. The molecule has 6 nitrogen and oxygen atoms in total. The Morgan fingerprint density at radius 3 is 2.83 bits per heavy atom. The zero-order valence-corrected chi connectivity index (χ0v) is 9.91. The number of benzene rings is 1. The number of ether oxygens (including phenoxy) is 1. The van der Waals surface area contributed by atoms with Gasteiger partial charge in [-0.2, -0.15) is 0 Å². The molecule has 2 unspecified atom stereocenters. The lowest BCUT2D eigenvalue weighted by molar-refractivity contribution is -0.386. The largest absolute Gasteiger partial charge is 0.481 e. The predicted molar refractivity (Wildman–Crippen MR) is 65.3 cm³/mol. The van der Waals surface area contributed by atoms with E-state index in [9.17, 15) is 15.2 Å². The van der Waals surface area contributed by atoms with Gasteiger partial charge in [0.2, 0.25) is 0 Å². The SMILES string of the molecule is NCc1ccc([N+](=O)[O-])c(OC2CCCC2O)c1. The highest BCUT2D eigenvalue weighted by atomic mass is 16.6. The normalized spacial score (nSPS) is 23.0. The van der Waals surface area contributed by atoms with E-state index in [-0.39, 0.29) is 17.5 Å². The Balaban J connectivity index is 2.25. The first-order chi connectivity index (χ1) is 8.61. The van der Waals surface area contributed by atoms with E-state index in [0.29, 0.717) is 19.4 Å². The Morgan fingerprint density at radius 1 is 1.50 bits per heavy atom. The maximum Gasteiger partial charge on any atom is 0.310 e. The zero-order valence-electron chi connectivity index (χ0n) is 9.91. The lowest BCUT2D eigenvalue weighted by Crippen LogP contribution is -2.26. The standard InChI is InChI=1S/C12H16N2O4/c13-7-8-4-5-9(14(16)17)12(6-8)18-11-3-1-2-10(11)15/h4-6,10-11,15H,1-3,7,13H2. The lowest BCUT2D eigenvalue weighted by atomic mass is 10.2. The van der Waals surface area contributed by atoms with Crippen molar-refractivity contribution < 1.29 is 14.8 Å². The predicted octanol–water partition coefficient (Wildman–Crippen LogP) is 1.35. The number of aliphatic hydroxyl groups excluding tert-OH is 1. The number of hydrogen-bond acceptors (Lipinski definition) is 5. The first-order valence-electron chi connectivity index (χ1n) is 5.94. The fourth-order valence-electron chi connectivity index (χ4n) is 2.14. The number of nitrogens with two attached hydrogens (primary N) is 1. The van der Waals surface area contributed by atoms with Crippen molar-refractivity contribution in [3.63, 3.8) is 0 Å². The molecule has 18 heavy (non-hydrogen) atoms. The summed E-state index contributed by atoms with van der Waals surface area (Å²) in [5, 5.41) is 20.6. The number of rotatable bonds is 4. The molecule has 1 aliphatic carbocycles. The minimum Gasteiger partial charge on any atom is -0.481 e. The third-order valence-corrected chi connectivity index (χ3v) is 3.15. The van der Waals surface area contributed by atoms with Gasteiger partial charge in [0.05, 0.1) is 11.0 Å². The summed E-state index contributed by atoms with van der Waals surface area (Å²) < 4.78 is 5.58. The fraction of sp³-hybridized carbons (Fsp3) is 0.500. The highest BCUT2D eigenvalue weighted by molar-refractivity contribution is 5.48. The average Bonchev–Trinajstić information content (AvgIpc) is 2.74. The Hall–Kier alpha value is -1.66. The van der Waals surface area contributed by atoms with Gasteiger partial charge in [0.15, 0.2) is 5.75 Å². The molecule has 2 atom stereocenters. The van der Waals surface area contributed by atoms with Gasteiger partial charge in [-0.25, -0.2) is 0 Å². The number of hydrogen-bond donors (Lipinski definition) is 2. The van der Waals surface area contributed by atoms with Gasteiger partial charge in [-0.05, 0) is 30.9 Å². The molecule has 98 valence electrons. The number of aliphatic hydroxyl groups is 1. The molecule has 1 saturated carbocycles. The Kier molecular flexibility index (Phi) is 3.78. The van der Waals surface area contributed by atoms with E-state index >= 15 is 0 Å². The molecule has 6 heteroatoms. The summed E-state index contributed by atoms with van der Waals surface area (Å²) in [5.41, 5.74) is 6.18. The van der Waals surface area contributed by atoms with Crippen LogP contribution in [-0.2, 0) is 6.54 Å². The minimum absolute atomic E-state index is 0.0914. The van der Waals surface area contributed by atoms with Crippen LogP contribution in [0.4, 0.5) is 5.69 Å². The van der Waals surface area contributed by atoms with Gasteiger partial charge >= 0.3 is 5.69 Å². The third kappa shape index (κ3) is 2.60. The molecular weight excluding hydrogens is 236 g/mol. The monoisotopic (exact) mass is 252 g/mol. The van der Waals surface area contributed by atoms with Gasteiger partial charge in [-0.1, -0.05) is 6.07 Å². The van der Waals surface area contributed by atoms with Gasteiger partial charge in [0, 0.05) is 12.6 Å². The fourth-order valence-corrected chi connectivity index (χ4v) is 2.14. The van der Waals surface area contributed by atoms with E-state index in [0.717, 1.165) is 12.0 Å². The van der Waals surface area contributed by atoms with Crippen molar-refractivity contribution in [1.29, 1.82) is 0 Å². The molecule has 1 aromatic carbocycles. The molecule has 1 aliphatic rings. The highest BCUT2D eigenvalue weighted by Crippen LogP contribution is 2.32. The van der Waals surface area contributed by atoms with Crippen molar-refractivity contribution in [2.45, 2.75) is 38.0 Å². The summed E-state index contributed by atoms with van der Waals surface area (Å²) >= 11 is 0. The molecule has 0 saturated heterocycles. The maximum absolute atomic E-state index is 10.9. The third-order valence-electron chi connectivity index (χ3n) is 3.15. The maximum atomic E-state index is 10.9. The van der Waals surface area contributed by atoms with Crippen LogP contribution in [0.3, 0.4) is 0 Å². The van der Waals surface area contributed by atoms with E-state index in [4.69, 9.17) is 10.5 Å². The van der Waals surface area contributed by atoms with Crippen LogP contribution < -0.4 is 10.5 Å². The molecule has 0 bridgehead atoms. The molecule has 0 aromatic heterocycles. The highest BCUT2D eigenvalue weighted by Gasteiger charge is 2.29. The molecule has 2 rings (SSSR count). The van der Waals surface area contributed by atoms with Crippen LogP contribution in [0.2, 0.25) is 0 Å². The van der Waals surface area contributed by atoms with E-state index in [2.05, 4.69) is 0 Å². The summed E-state index contributed by atoms with van der Waals surface area (Å²) in [6.45, 7) is 0.293. The van der Waals surface area contributed by atoms with Crippen molar-refractivity contribution in [2.24, 2.45) is 5.73 Å². The second-order valence-corrected chi connectivity index (χ2v) is 4.42. The zero-order chi connectivity index (χ0) is 13.1. The van der Waals surface area contributed by atoms with Crippen molar-refractivity contribution in [3.8, 4) is 5.75 Å². The van der Waals surface area contributed by atoms with Crippen molar-refractivity contribution >= 4 is 5.69 Å². The van der Waals surface area contributed by atoms with Crippen molar-refractivity contribution in [3.05, 3.63) is 33.9 Å². The quantitative estimate of drug-likeness (QED) is 0.622. The molecule has 0 spiro atoms. The lowest BCUT2D eigenvalue weighted by Gasteiger charge is -2.17. The van der Waals surface area contributed by atoms with Gasteiger partial charge in [0.1, 0.15) is 6.10 Å². The summed E-state index contributed by atoms with van der Waals surface area (Å²) in [6.07, 6.45) is 1.35. The van der Waals surface area contributed by atoms with Crippen LogP contribution in [0, 0.1) is 10.1 Å². The summed E-state index contributed by atoms with van der Waals surface area (Å²) in [7, 11) is 0. The minimum atomic E-state index is -0.550. The van der Waals surface area contributed by atoms with E-state index in [1.807, 2.05) is 0 Å². The molecule has 0 radical (unpaired) electrons. The molecule has 0 heterocycles. The molecule has 1 aromatic rings. The number of nitro benzene ring substituents is 1. The Bertz CT molecular complexity index is 450.